The van der Waals surface area contributed by atoms with Crippen molar-refractivity contribution in [1.29, 1.82) is 0 Å². The molecule has 0 aliphatic rings. The van der Waals surface area contributed by atoms with Gasteiger partial charge in [-0.3, -0.25) is 9.59 Å². The van der Waals surface area contributed by atoms with Crippen LogP contribution in [0, 0.1) is 6.92 Å². The molecule has 0 amide bonds. The fraction of sp³-hybridized carbons (Fsp3) is 0.200. The van der Waals surface area contributed by atoms with Crippen LogP contribution in [0.4, 0.5) is 0 Å². The number of hydrogen-bond acceptors (Lipinski definition) is 7. The van der Waals surface area contributed by atoms with E-state index in [2.05, 4.69) is 9.47 Å². The van der Waals surface area contributed by atoms with E-state index in [9.17, 15) is 24.3 Å². The third-order valence-electron chi connectivity index (χ3n) is 3.87. The highest BCUT2D eigenvalue weighted by molar-refractivity contribution is 6.15. The summed E-state index contributed by atoms with van der Waals surface area (Å²) in [4.78, 5) is 48.5. The molecule has 27 heavy (non-hydrogen) atoms. The molecule has 0 saturated heterocycles. The van der Waals surface area contributed by atoms with Crippen LogP contribution in [0.15, 0.2) is 36.4 Å². The molecule has 0 radical (unpaired) electrons. The molecule has 2 rings (SSSR count). The first-order chi connectivity index (χ1) is 12.8. The van der Waals surface area contributed by atoms with Crippen molar-refractivity contribution in [3.05, 3.63) is 64.2 Å². The van der Waals surface area contributed by atoms with Crippen LogP contribution in [0.5, 0.6) is 5.75 Å². The third kappa shape index (κ3) is 4.58. The number of ether oxygens (including phenoxy) is 2. The van der Waals surface area contributed by atoms with Crippen LogP contribution >= 0.6 is 0 Å². The van der Waals surface area contributed by atoms with E-state index in [1.54, 1.807) is 13.0 Å². The Hall–Kier alpha value is -3.48. The van der Waals surface area contributed by atoms with Crippen molar-refractivity contribution in [1.82, 2.24) is 0 Å². The second-order valence-corrected chi connectivity index (χ2v) is 5.83. The van der Waals surface area contributed by atoms with Gasteiger partial charge in [-0.05, 0) is 37.3 Å². The molecule has 7 nitrogen and oxygen atoms in total. The Morgan fingerprint density at radius 3 is 1.85 bits per heavy atom. The molecule has 0 bridgehead atoms. The van der Waals surface area contributed by atoms with E-state index in [1.807, 2.05) is 0 Å². The maximum absolute atomic E-state index is 12.5. The van der Waals surface area contributed by atoms with E-state index < -0.39 is 29.9 Å². The van der Waals surface area contributed by atoms with Gasteiger partial charge in [0.1, 0.15) is 5.75 Å². The first-order valence-corrected chi connectivity index (χ1v) is 7.94. The maximum Gasteiger partial charge on any atom is 0.337 e. The Morgan fingerprint density at radius 2 is 1.33 bits per heavy atom. The summed E-state index contributed by atoms with van der Waals surface area (Å²) in [5, 5.41) is 9.83. The number of aromatic hydroxyl groups is 1. The molecule has 0 fully saturated rings. The molecule has 7 heteroatoms. The van der Waals surface area contributed by atoms with Crippen molar-refractivity contribution in [3.63, 3.8) is 0 Å². The van der Waals surface area contributed by atoms with E-state index in [0.717, 1.165) is 5.56 Å². The summed E-state index contributed by atoms with van der Waals surface area (Å²) in [5.41, 5.74) is 0.730. The second kappa shape index (κ2) is 8.27. The topological polar surface area (TPSA) is 107 Å². The molecule has 0 aliphatic carbocycles. The summed E-state index contributed by atoms with van der Waals surface area (Å²) < 4.78 is 9.23. The smallest absolute Gasteiger partial charge is 0.337 e. The number of methoxy groups -OCH3 is 2. The zero-order chi connectivity index (χ0) is 20.1. The number of phenolic OH excluding ortho intramolecular Hbond substituents is 1. The van der Waals surface area contributed by atoms with Crippen molar-refractivity contribution in [2.24, 2.45) is 0 Å². The van der Waals surface area contributed by atoms with Gasteiger partial charge >= 0.3 is 11.9 Å². The standard InChI is InChI=1S/C20H18O7/c1-11-4-5-16(21)15(6-11)18(23)10-17(22)12-7-13(19(24)26-2)9-14(8-12)20(25)27-3/h4-9,21H,10H2,1-3H3. The van der Waals surface area contributed by atoms with Crippen LogP contribution < -0.4 is 0 Å². The maximum atomic E-state index is 12.5. The van der Waals surface area contributed by atoms with Crippen LogP contribution in [-0.2, 0) is 9.47 Å². The average Bonchev–Trinajstić information content (AvgIpc) is 2.67. The first-order valence-electron chi connectivity index (χ1n) is 7.94. The third-order valence-corrected chi connectivity index (χ3v) is 3.87. The molecule has 140 valence electrons. The molecule has 0 aromatic heterocycles. The molecule has 0 atom stereocenters. The number of phenols is 1. The Balaban J connectivity index is 2.37. The normalized spacial score (nSPS) is 10.2. The number of carbonyl (C=O) groups excluding carboxylic acids is 4. The van der Waals surface area contributed by atoms with Gasteiger partial charge in [0.25, 0.3) is 0 Å². The highest BCUT2D eigenvalue weighted by Gasteiger charge is 2.20. The van der Waals surface area contributed by atoms with E-state index in [1.165, 1.54) is 44.6 Å². The number of benzene rings is 2. The lowest BCUT2D eigenvalue weighted by molar-refractivity contribution is 0.0599. The molecule has 0 unspecified atom stereocenters. The minimum absolute atomic E-state index is 0.0150. The summed E-state index contributed by atoms with van der Waals surface area (Å²) in [6.45, 7) is 1.75. The number of rotatable bonds is 6. The summed E-state index contributed by atoms with van der Waals surface area (Å²) in [5.74, 6) is -2.90. The minimum atomic E-state index is -0.738. The highest BCUT2D eigenvalue weighted by Crippen LogP contribution is 2.21. The van der Waals surface area contributed by atoms with Gasteiger partial charge in [-0.25, -0.2) is 9.59 Å². The number of Topliss-reactive ketones (excluding diaryl/α,β-unsaturated/α-hetero) is 2. The lowest BCUT2D eigenvalue weighted by Crippen LogP contribution is -2.13. The SMILES string of the molecule is COC(=O)c1cc(C(=O)CC(=O)c2cc(C)ccc2O)cc(C(=O)OC)c1. The Bertz CT molecular complexity index is 894. The van der Waals surface area contributed by atoms with Crippen molar-refractivity contribution >= 4 is 23.5 Å². The minimum Gasteiger partial charge on any atom is -0.507 e. The van der Waals surface area contributed by atoms with Crippen molar-refractivity contribution in [2.75, 3.05) is 14.2 Å². The number of esters is 2. The highest BCUT2D eigenvalue weighted by atomic mass is 16.5. The first kappa shape index (κ1) is 19.8. The van der Waals surface area contributed by atoms with Gasteiger partial charge in [0.2, 0.25) is 0 Å². The van der Waals surface area contributed by atoms with E-state index in [4.69, 9.17) is 0 Å². The van der Waals surface area contributed by atoms with Gasteiger partial charge in [0.05, 0.1) is 37.3 Å². The summed E-state index contributed by atoms with van der Waals surface area (Å²) in [6.07, 6.45) is -0.539. The fourth-order valence-corrected chi connectivity index (χ4v) is 2.48. The number of hydrogen-bond donors (Lipinski definition) is 1. The van der Waals surface area contributed by atoms with Crippen LogP contribution in [-0.4, -0.2) is 42.8 Å². The molecule has 2 aromatic rings. The summed E-state index contributed by atoms with van der Waals surface area (Å²) >= 11 is 0. The second-order valence-electron chi connectivity index (χ2n) is 5.83. The van der Waals surface area contributed by atoms with E-state index in [-0.39, 0.29) is 28.0 Å². The largest absolute Gasteiger partial charge is 0.507 e. The number of aryl methyl sites for hydroxylation is 1. The van der Waals surface area contributed by atoms with Crippen LogP contribution in [0.1, 0.15) is 53.4 Å². The lowest BCUT2D eigenvalue weighted by Gasteiger charge is -2.08. The molecular formula is C20H18O7. The van der Waals surface area contributed by atoms with Gasteiger partial charge in [0, 0.05) is 5.56 Å². The number of ketones is 2. The zero-order valence-corrected chi connectivity index (χ0v) is 15.1. The van der Waals surface area contributed by atoms with Gasteiger partial charge in [-0.1, -0.05) is 11.6 Å². The molecule has 0 spiro atoms. The molecular weight excluding hydrogens is 352 g/mol. The molecule has 0 saturated carbocycles. The van der Waals surface area contributed by atoms with Gasteiger partial charge in [-0.15, -0.1) is 0 Å². The predicted molar refractivity (Wildman–Crippen MR) is 95.2 cm³/mol. The monoisotopic (exact) mass is 370 g/mol. The molecule has 0 heterocycles. The van der Waals surface area contributed by atoms with Crippen LogP contribution in [0.2, 0.25) is 0 Å². The van der Waals surface area contributed by atoms with Gasteiger partial charge < -0.3 is 14.6 Å². The van der Waals surface area contributed by atoms with Gasteiger partial charge in [0.15, 0.2) is 11.6 Å². The van der Waals surface area contributed by atoms with Crippen LogP contribution in [0.3, 0.4) is 0 Å². The molecule has 1 N–H and O–H groups in total. The zero-order valence-electron chi connectivity index (χ0n) is 15.1. The average molecular weight is 370 g/mol. The summed E-state index contributed by atoms with van der Waals surface area (Å²) in [7, 11) is 2.33. The van der Waals surface area contributed by atoms with Crippen molar-refractivity contribution in [2.45, 2.75) is 13.3 Å². The Labute approximate surface area is 155 Å². The van der Waals surface area contributed by atoms with Gasteiger partial charge in [-0.2, -0.15) is 0 Å². The fourth-order valence-electron chi connectivity index (χ4n) is 2.48. The van der Waals surface area contributed by atoms with Crippen LogP contribution in [0.25, 0.3) is 0 Å². The van der Waals surface area contributed by atoms with Crippen molar-refractivity contribution < 1.29 is 33.8 Å². The molecule has 2 aromatic carbocycles. The quantitative estimate of drug-likeness (QED) is 0.473. The molecule has 0 aliphatic heterocycles. The Kier molecular flexibility index (Phi) is 6.07. The predicted octanol–water partition coefficient (Wildman–Crippen LogP) is 2.73. The Morgan fingerprint density at radius 1 is 0.815 bits per heavy atom. The number of carbonyl (C=O) groups is 4. The van der Waals surface area contributed by atoms with Crippen molar-refractivity contribution in [3.8, 4) is 5.75 Å². The van der Waals surface area contributed by atoms with E-state index >= 15 is 0 Å². The lowest BCUT2D eigenvalue weighted by atomic mass is 9.97. The van der Waals surface area contributed by atoms with E-state index in [0.29, 0.717) is 0 Å². The summed E-state index contributed by atoms with van der Waals surface area (Å²) in [6, 6.07) is 8.21.